The molecule has 6 nitrogen and oxygen atoms in total. The lowest BCUT2D eigenvalue weighted by atomic mass is 10.0. The molecule has 0 aromatic rings. The normalized spacial score (nSPS) is 13.9. The molecule has 0 saturated carbocycles. The monoisotopic (exact) mass is 878 g/mol. The van der Waals surface area contributed by atoms with Gasteiger partial charge in [0.25, 0.3) is 0 Å². The van der Waals surface area contributed by atoms with Gasteiger partial charge in [0.15, 0.2) is 0 Å². The summed E-state index contributed by atoms with van der Waals surface area (Å²) in [4.78, 5) is 26.2. The first kappa shape index (κ1) is 60.0. The van der Waals surface area contributed by atoms with Crippen molar-refractivity contribution in [3.8, 4) is 0 Å². The molecule has 0 rings (SSSR count). The number of hydrogen-bond acceptors (Lipinski definition) is 5. The molecular weight excluding hydrogens is 779 g/mol. The lowest BCUT2D eigenvalue weighted by Crippen LogP contribution is -2.46. The Morgan fingerprint density at radius 2 is 0.873 bits per heavy atom. The SMILES string of the molecule is CC/C=C/C/C=C/C/C=C/C/C=C/CCCC(CC(=O)NC(CO)C(O)CCCCCCCCCCCCCCCC)OC(=O)CCCCCCCC/C=C/C/C=C/C/C=C/CC. The number of amides is 1. The molecular formula is C57H99NO5. The van der Waals surface area contributed by atoms with Crippen molar-refractivity contribution in [3.05, 3.63) is 85.1 Å². The van der Waals surface area contributed by atoms with Crippen LogP contribution in [-0.2, 0) is 14.3 Å². The van der Waals surface area contributed by atoms with Gasteiger partial charge in [-0.1, -0.05) is 221 Å². The molecule has 362 valence electrons. The fourth-order valence-electron chi connectivity index (χ4n) is 7.56. The summed E-state index contributed by atoms with van der Waals surface area (Å²) in [5, 5.41) is 23.8. The predicted octanol–water partition coefficient (Wildman–Crippen LogP) is 16.0. The second-order valence-corrected chi connectivity index (χ2v) is 17.5. The third-order valence-electron chi connectivity index (χ3n) is 11.5. The molecule has 0 fully saturated rings. The van der Waals surface area contributed by atoms with Crippen molar-refractivity contribution in [1.82, 2.24) is 5.32 Å². The lowest BCUT2D eigenvalue weighted by molar-refractivity contribution is -0.151. The molecule has 0 aromatic carbocycles. The van der Waals surface area contributed by atoms with Crippen LogP contribution in [0, 0.1) is 0 Å². The van der Waals surface area contributed by atoms with Gasteiger partial charge in [0.05, 0.1) is 25.2 Å². The number of hydrogen-bond donors (Lipinski definition) is 3. The van der Waals surface area contributed by atoms with E-state index in [1.54, 1.807) is 0 Å². The molecule has 0 aliphatic carbocycles. The van der Waals surface area contributed by atoms with Crippen LogP contribution in [0.3, 0.4) is 0 Å². The van der Waals surface area contributed by atoms with Crippen molar-refractivity contribution in [1.29, 1.82) is 0 Å². The van der Waals surface area contributed by atoms with Gasteiger partial charge in [-0.25, -0.2) is 0 Å². The van der Waals surface area contributed by atoms with Gasteiger partial charge < -0.3 is 20.3 Å². The van der Waals surface area contributed by atoms with Crippen molar-refractivity contribution >= 4 is 11.9 Å². The van der Waals surface area contributed by atoms with E-state index in [1.165, 1.54) is 89.9 Å². The molecule has 0 saturated heterocycles. The predicted molar refractivity (Wildman–Crippen MR) is 273 cm³/mol. The molecule has 0 aromatic heterocycles. The zero-order valence-electron chi connectivity index (χ0n) is 41.2. The minimum Gasteiger partial charge on any atom is -0.462 e. The minimum atomic E-state index is -0.808. The summed E-state index contributed by atoms with van der Waals surface area (Å²) >= 11 is 0. The van der Waals surface area contributed by atoms with Gasteiger partial charge in [-0.3, -0.25) is 9.59 Å². The summed E-state index contributed by atoms with van der Waals surface area (Å²) < 4.78 is 5.91. The number of rotatable bonds is 46. The van der Waals surface area contributed by atoms with Crippen LogP contribution in [0.25, 0.3) is 0 Å². The molecule has 0 aliphatic rings. The maximum absolute atomic E-state index is 13.2. The maximum Gasteiger partial charge on any atom is 0.306 e. The van der Waals surface area contributed by atoms with Gasteiger partial charge in [0.1, 0.15) is 6.10 Å². The van der Waals surface area contributed by atoms with Crippen LogP contribution in [-0.4, -0.2) is 46.9 Å². The van der Waals surface area contributed by atoms with Crippen molar-refractivity contribution in [2.24, 2.45) is 0 Å². The number of carbonyl (C=O) groups excluding carboxylic acids is 2. The van der Waals surface area contributed by atoms with Gasteiger partial charge in [0.2, 0.25) is 5.91 Å². The Balaban J connectivity index is 4.67. The van der Waals surface area contributed by atoms with Gasteiger partial charge in [-0.2, -0.15) is 0 Å². The van der Waals surface area contributed by atoms with Crippen LogP contribution in [0.15, 0.2) is 85.1 Å². The molecule has 0 heterocycles. The van der Waals surface area contributed by atoms with E-state index in [0.717, 1.165) is 103 Å². The number of aliphatic hydroxyl groups excluding tert-OH is 2. The number of carbonyl (C=O) groups is 2. The minimum absolute atomic E-state index is 0.0308. The molecule has 0 spiro atoms. The Morgan fingerprint density at radius 1 is 0.476 bits per heavy atom. The zero-order chi connectivity index (χ0) is 45.9. The highest BCUT2D eigenvalue weighted by molar-refractivity contribution is 5.77. The maximum atomic E-state index is 13.2. The highest BCUT2D eigenvalue weighted by Gasteiger charge is 2.24. The number of unbranched alkanes of at least 4 members (excludes halogenated alkanes) is 20. The summed E-state index contributed by atoms with van der Waals surface area (Å²) in [5.74, 6) is -0.546. The Labute approximate surface area is 389 Å². The van der Waals surface area contributed by atoms with Crippen LogP contribution in [0.2, 0.25) is 0 Å². The van der Waals surface area contributed by atoms with E-state index < -0.39 is 18.2 Å². The lowest BCUT2D eigenvalue weighted by Gasteiger charge is -2.24. The number of ether oxygens (including phenoxy) is 1. The zero-order valence-corrected chi connectivity index (χ0v) is 41.2. The first-order chi connectivity index (χ1) is 31.0. The third kappa shape index (κ3) is 45.4. The smallest absolute Gasteiger partial charge is 0.306 e. The quantitative estimate of drug-likeness (QED) is 0.0322. The number of nitrogens with one attached hydrogen (secondary N) is 1. The Kier molecular flexibility index (Phi) is 47.7. The molecule has 3 N–H and O–H groups in total. The van der Waals surface area contributed by atoms with E-state index >= 15 is 0 Å². The molecule has 0 radical (unpaired) electrons. The van der Waals surface area contributed by atoms with E-state index in [4.69, 9.17) is 4.74 Å². The van der Waals surface area contributed by atoms with Gasteiger partial charge in [-0.05, 0) is 89.9 Å². The summed E-state index contributed by atoms with van der Waals surface area (Å²) in [6.07, 6.45) is 65.0. The number of allylic oxidation sites excluding steroid dienone is 14. The fourth-order valence-corrected chi connectivity index (χ4v) is 7.56. The third-order valence-corrected chi connectivity index (χ3v) is 11.5. The molecule has 3 atom stereocenters. The molecule has 1 amide bonds. The summed E-state index contributed by atoms with van der Waals surface area (Å²) in [6.45, 7) is 6.24. The first-order valence-electron chi connectivity index (χ1n) is 26.3. The second-order valence-electron chi connectivity index (χ2n) is 17.5. The number of esters is 1. The topological polar surface area (TPSA) is 95.9 Å². The Bertz CT molecular complexity index is 1210. The van der Waals surface area contributed by atoms with Gasteiger partial charge in [0, 0.05) is 6.42 Å². The Hall–Kier alpha value is -2.96. The van der Waals surface area contributed by atoms with Crippen LogP contribution in [0.1, 0.15) is 239 Å². The van der Waals surface area contributed by atoms with E-state index in [0.29, 0.717) is 19.3 Å². The number of aliphatic hydroxyl groups is 2. The highest BCUT2D eigenvalue weighted by atomic mass is 16.5. The molecule has 0 bridgehead atoms. The standard InChI is InChI=1S/C57H99NO5/c1-4-7-10-13-16-19-22-25-28-29-32-35-38-41-44-47-50-57(62)63-53(48-45-42-39-36-33-30-26-23-20-17-14-11-8-5-2)51-56(61)58-54(52-59)55(60)49-46-43-40-37-34-31-27-24-21-18-15-12-9-6-3/h7-8,10-11,16-17,19-20,25-26,28,30,36,39,53-55,59-60H,4-6,9,12-15,18,21-24,27,29,31-35,37-38,40-52H2,1-3H3,(H,58,61)/b10-7+,11-8+,19-16+,20-17+,28-25+,30-26+,39-36+. The molecule has 3 unspecified atom stereocenters. The average Bonchev–Trinajstić information content (AvgIpc) is 3.28. The fraction of sp³-hybridized carbons (Fsp3) is 0.719. The molecule has 0 aliphatic heterocycles. The van der Waals surface area contributed by atoms with Crippen molar-refractivity contribution in [3.63, 3.8) is 0 Å². The van der Waals surface area contributed by atoms with E-state index in [-0.39, 0.29) is 24.9 Å². The Morgan fingerprint density at radius 3 is 1.33 bits per heavy atom. The summed E-state index contributed by atoms with van der Waals surface area (Å²) in [6, 6.07) is -0.726. The average molecular weight is 878 g/mol. The molecule has 6 heteroatoms. The van der Waals surface area contributed by atoms with Crippen molar-refractivity contribution in [2.75, 3.05) is 6.61 Å². The molecule has 63 heavy (non-hydrogen) atoms. The van der Waals surface area contributed by atoms with Crippen LogP contribution >= 0.6 is 0 Å². The largest absolute Gasteiger partial charge is 0.462 e. The van der Waals surface area contributed by atoms with Crippen molar-refractivity contribution < 1.29 is 24.5 Å². The first-order valence-corrected chi connectivity index (χ1v) is 26.3. The van der Waals surface area contributed by atoms with Crippen LogP contribution in [0.4, 0.5) is 0 Å². The van der Waals surface area contributed by atoms with Crippen LogP contribution < -0.4 is 5.32 Å². The van der Waals surface area contributed by atoms with E-state index in [2.05, 4.69) is 111 Å². The summed E-state index contributed by atoms with van der Waals surface area (Å²) in [5.41, 5.74) is 0. The van der Waals surface area contributed by atoms with E-state index in [9.17, 15) is 19.8 Å². The van der Waals surface area contributed by atoms with Gasteiger partial charge in [-0.15, -0.1) is 0 Å². The van der Waals surface area contributed by atoms with Crippen molar-refractivity contribution in [2.45, 2.75) is 257 Å². The van der Waals surface area contributed by atoms with Crippen LogP contribution in [0.5, 0.6) is 0 Å². The van der Waals surface area contributed by atoms with E-state index in [1.807, 2.05) is 0 Å². The highest BCUT2D eigenvalue weighted by Crippen LogP contribution is 2.17. The van der Waals surface area contributed by atoms with Gasteiger partial charge >= 0.3 is 5.97 Å². The second kappa shape index (κ2) is 50.0. The summed E-state index contributed by atoms with van der Waals surface area (Å²) in [7, 11) is 0.